The van der Waals surface area contributed by atoms with Crippen molar-refractivity contribution < 1.29 is 9.53 Å². The molecule has 0 saturated heterocycles. The van der Waals surface area contributed by atoms with Crippen LogP contribution in [0.2, 0.25) is 0 Å². The van der Waals surface area contributed by atoms with E-state index in [9.17, 15) is 4.79 Å². The van der Waals surface area contributed by atoms with Gasteiger partial charge in [-0.25, -0.2) is 0 Å². The minimum absolute atomic E-state index is 0.0369. The molecule has 0 bridgehead atoms. The van der Waals surface area contributed by atoms with Crippen molar-refractivity contribution in [2.75, 3.05) is 6.61 Å². The molecule has 0 rings (SSSR count). The van der Waals surface area contributed by atoms with Crippen molar-refractivity contribution in [2.45, 2.75) is 52.9 Å². The number of esters is 1. The second-order valence-corrected chi connectivity index (χ2v) is 3.63. The summed E-state index contributed by atoms with van der Waals surface area (Å²) in [7, 11) is 0. The van der Waals surface area contributed by atoms with Crippen molar-refractivity contribution in [2.24, 2.45) is 5.92 Å². The van der Waals surface area contributed by atoms with Gasteiger partial charge in [-0.3, -0.25) is 4.79 Å². The molecule has 2 nitrogen and oxygen atoms in total. The number of ether oxygens (including phenoxy) is 1. The zero-order valence-corrected chi connectivity index (χ0v) is 9.14. The van der Waals surface area contributed by atoms with E-state index < -0.39 is 0 Å². The van der Waals surface area contributed by atoms with E-state index in [1.807, 2.05) is 6.92 Å². The fraction of sp³-hybridized carbons (Fsp3) is 0.909. The van der Waals surface area contributed by atoms with Crippen LogP contribution in [-0.4, -0.2) is 12.6 Å². The fourth-order valence-electron chi connectivity index (χ4n) is 1.09. The molecule has 0 heterocycles. The number of carbonyl (C=O) groups is 1. The van der Waals surface area contributed by atoms with Crippen LogP contribution in [0.5, 0.6) is 0 Å². The van der Waals surface area contributed by atoms with Gasteiger partial charge in [-0.2, -0.15) is 0 Å². The summed E-state index contributed by atoms with van der Waals surface area (Å²) in [5, 5.41) is 0. The minimum Gasteiger partial charge on any atom is -0.466 e. The van der Waals surface area contributed by atoms with Crippen LogP contribution in [0.1, 0.15) is 52.9 Å². The molecule has 0 radical (unpaired) electrons. The van der Waals surface area contributed by atoms with Crippen LogP contribution in [-0.2, 0) is 9.53 Å². The molecule has 0 saturated carbocycles. The molecular formula is C11H22O2. The molecule has 13 heavy (non-hydrogen) atoms. The zero-order valence-electron chi connectivity index (χ0n) is 9.14. The van der Waals surface area contributed by atoms with Gasteiger partial charge in [0, 0.05) is 6.42 Å². The van der Waals surface area contributed by atoms with Crippen molar-refractivity contribution in [3.63, 3.8) is 0 Å². The topological polar surface area (TPSA) is 26.3 Å². The van der Waals surface area contributed by atoms with Gasteiger partial charge >= 0.3 is 5.97 Å². The molecule has 2 heteroatoms. The third-order valence-electron chi connectivity index (χ3n) is 2.24. The first-order valence-electron chi connectivity index (χ1n) is 5.36. The van der Waals surface area contributed by atoms with E-state index >= 15 is 0 Å². The van der Waals surface area contributed by atoms with Gasteiger partial charge in [-0.05, 0) is 18.8 Å². The van der Waals surface area contributed by atoms with Gasteiger partial charge < -0.3 is 4.74 Å². The lowest BCUT2D eigenvalue weighted by atomic mass is 10.0. The van der Waals surface area contributed by atoms with Gasteiger partial charge in [0.05, 0.1) is 6.61 Å². The van der Waals surface area contributed by atoms with Crippen LogP contribution >= 0.6 is 0 Å². The largest absolute Gasteiger partial charge is 0.466 e. The molecule has 0 aliphatic heterocycles. The first-order chi connectivity index (χ1) is 6.20. The highest BCUT2D eigenvalue weighted by Crippen LogP contribution is 2.11. The number of rotatable bonds is 7. The highest BCUT2D eigenvalue weighted by molar-refractivity contribution is 5.69. The quantitative estimate of drug-likeness (QED) is 0.571. The molecule has 0 aromatic heterocycles. The summed E-state index contributed by atoms with van der Waals surface area (Å²) >= 11 is 0. The summed E-state index contributed by atoms with van der Waals surface area (Å²) < 4.78 is 4.97. The third kappa shape index (κ3) is 7.82. The molecule has 78 valence electrons. The maximum Gasteiger partial charge on any atom is 0.305 e. The van der Waals surface area contributed by atoms with Gasteiger partial charge in [-0.15, -0.1) is 0 Å². The highest BCUT2D eigenvalue weighted by Gasteiger charge is 2.03. The lowest BCUT2D eigenvalue weighted by Gasteiger charge is -2.07. The lowest BCUT2D eigenvalue weighted by molar-refractivity contribution is -0.143. The van der Waals surface area contributed by atoms with Gasteiger partial charge in [0.2, 0.25) is 0 Å². The maximum absolute atomic E-state index is 11.0. The highest BCUT2D eigenvalue weighted by atomic mass is 16.5. The summed E-state index contributed by atoms with van der Waals surface area (Å²) in [4.78, 5) is 11.0. The Bertz CT molecular complexity index is 132. The molecule has 1 atom stereocenters. The SMILES string of the molecule is CCCOC(=O)CCC[C@@H](C)CC. The van der Waals surface area contributed by atoms with Crippen LogP contribution < -0.4 is 0 Å². The van der Waals surface area contributed by atoms with Crippen molar-refractivity contribution in [3.8, 4) is 0 Å². The van der Waals surface area contributed by atoms with E-state index in [0.717, 1.165) is 25.2 Å². The summed E-state index contributed by atoms with van der Waals surface area (Å²) in [5.74, 6) is 0.698. The van der Waals surface area contributed by atoms with Crippen LogP contribution in [0.15, 0.2) is 0 Å². The Morgan fingerprint density at radius 1 is 1.38 bits per heavy atom. The summed E-state index contributed by atoms with van der Waals surface area (Å²) in [6, 6.07) is 0. The number of carbonyl (C=O) groups excluding carboxylic acids is 1. The van der Waals surface area contributed by atoms with E-state index in [1.54, 1.807) is 0 Å². The Hall–Kier alpha value is -0.530. The Kier molecular flexibility index (Phi) is 7.76. The predicted octanol–water partition coefficient (Wildman–Crippen LogP) is 3.16. The van der Waals surface area contributed by atoms with Crippen LogP contribution in [0.3, 0.4) is 0 Å². The molecule has 0 fully saturated rings. The summed E-state index contributed by atoms with van der Waals surface area (Å²) in [6.45, 7) is 6.98. The smallest absolute Gasteiger partial charge is 0.305 e. The first-order valence-corrected chi connectivity index (χ1v) is 5.36. The standard InChI is InChI=1S/C11H22O2/c1-4-9-13-11(12)8-6-7-10(3)5-2/h10H,4-9H2,1-3H3/t10-/m0/s1. The van der Waals surface area contributed by atoms with E-state index in [4.69, 9.17) is 4.74 Å². The van der Waals surface area contributed by atoms with E-state index in [-0.39, 0.29) is 5.97 Å². The second-order valence-electron chi connectivity index (χ2n) is 3.63. The van der Waals surface area contributed by atoms with Gasteiger partial charge in [0.25, 0.3) is 0 Å². The average Bonchev–Trinajstić information content (AvgIpc) is 2.14. The molecule has 0 N–H and O–H groups in total. The van der Waals surface area contributed by atoms with Gasteiger partial charge in [0.1, 0.15) is 0 Å². The molecular weight excluding hydrogens is 164 g/mol. The van der Waals surface area contributed by atoms with Crippen molar-refractivity contribution in [1.29, 1.82) is 0 Å². The zero-order chi connectivity index (χ0) is 10.1. The predicted molar refractivity (Wildman–Crippen MR) is 54.6 cm³/mol. The van der Waals surface area contributed by atoms with Crippen molar-refractivity contribution >= 4 is 5.97 Å². The minimum atomic E-state index is -0.0369. The Labute approximate surface area is 81.7 Å². The Morgan fingerprint density at radius 2 is 2.08 bits per heavy atom. The van der Waals surface area contributed by atoms with E-state index in [2.05, 4.69) is 13.8 Å². The van der Waals surface area contributed by atoms with Gasteiger partial charge in [-0.1, -0.05) is 33.6 Å². The molecule has 0 amide bonds. The number of hydrogen-bond donors (Lipinski definition) is 0. The maximum atomic E-state index is 11.0. The normalized spacial score (nSPS) is 12.5. The van der Waals surface area contributed by atoms with Crippen molar-refractivity contribution in [3.05, 3.63) is 0 Å². The fourth-order valence-corrected chi connectivity index (χ4v) is 1.09. The Morgan fingerprint density at radius 3 is 2.62 bits per heavy atom. The number of hydrogen-bond acceptors (Lipinski definition) is 2. The van der Waals surface area contributed by atoms with Gasteiger partial charge in [0.15, 0.2) is 0 Å². The summed E-state index contributed by atoms with van der Waals surface area (Å²) in [6.07, 6.45) is 4.81. The molecule has 0 aliphatic carbocycles. The van der Waals surface area contributed by atoms with Crippen LogP contribution in [0.25, 0.3) is 0 Å². The lowest BCUT2D eigenvalue weighted by Crippen LogP contribution is -2.05. The molecule has 0 spiro atoms. The first kappa shape index (κ1) is 12.5. The average molecular weight is 186 g/mol. The van der Waals surface area contributed by atoms with E-state index in [0.29, 0.717) is 13.0 Å². The molecule has 0 aromatic carbocycles. The summed E-state index contributed by atoms with van der Waals surface area (Å²) in [5.41, 5.74) is 0. The Balaban J connectivity index is 3.26. The molecule has 0 aromatic rings. The molecule has 0 aliphatic rings. The van der Waals surface area contributed by atoms with Crippen LogP contribution in [0.4, 0.5) is 0 Å². The second kappa shape index (κ2) is 8.09. The third-order valence-corrected chi connectivity index (χ3v) is 2.24. The van der Waals surface area contributed by atoms with E-state index in [1.165, 1.54) is 6.42 Å². The monoisotopic (exact) mass is 186 g/mol. The van der Waals surface area contributed by atoms with Crippen molar-refractivity contribution in [1.82, 2.24) is 0 Å². The van der Waals surface area contributed by atoms with Crippen LogP contribution in [0, 0.1) is 5.92 Å². The molecule has 0 unspecified atom stereocenters.